The number of rotatable bonds is 6. The highest BCUT2D eigenvalue weighted by Crippen LogP contribution is 1.94. The number of halogens is 1. The van der Waals surface area contributed by atoms with Crippen LogP contribution in [0.1, 0.15) is 19.3 Å². The van der Waals surface area contributed by atoms with E-state index in [1.54, 1.807) is 6.08 Å². The largest absolute Gasteiger partial charge is 0.466 e. The lowest BCUT2D eigenvalue weighted by Crippen LogP contribution is -2.05. The van der Waals surface area contributed by atoms with Gasteiger partial charge in [-0.2, -0.15) is 0 Å². The van der Waals surface area contributed by atoms with Crippen LogP contribution in [0.4, 0.5) is 4.39 Å². The van der Waals surface area contributed by atoms with Crippen molar-refractivity contribution in [2.45, 2.75) is 19.3 Å². The number of hydrogen-bond acceptors (Lipinski definition) is 2. The van der Waals surface area contributed by atoms with Crippen molar-refractivity contribution in [2.24, 2.45) is 0 Å². The summed E-state index contributed by atoms with van der Waals surface area (Å²) in [6, 6.07) is 0. The Labute approximate surface area is 66.0 Å². The minimum atomic E-state index is -0.436. The van der Waals surface area contributed by atoms with Gasteiger partial charge in [0, 0.05) is 12.8 Å². The Hall–Kier alpha value is -0.860. The van der Waals surface area contributed by atoms with E-state index in [1.165, 1.54) is 0 Å². The fourth-order valence-electron chi connectivity index (χ4n) is 0.533. The van der Waals surface area contributed by atoms with Crippen LogP contribution in [-0.2, 0) is 9.53 Å². The highest BCUT2D eigenvalue weighted by molar-refractivity contribution is 5.69. The fraction of sp³-hybridized carbons (Fsp3) is 0.625. The maximum absolute atomic E-state index is 11.5. The van der Waals surface area contributed by atoms with Gasteiger partial charge in [0.2, 0.25) is 0 Å². The van der Waals surface area contributed by atoms with Gasteiger partial charge < -0.3 is 4.74 Å². The summed E-state index contributed by atoms with van der Waals surface area (Å²) in [4.78, 5) is 10.7. The zero-order valence-corrected chi connectivity index (χ0v) is 6.51. The van der Waals surface area contributed by atoms with E-state index in [1.807, 2.05) is 0 Å². The van der Waals surface area contributed by atoms with Crippen molar-refractivity contribution in [1.29, 1.82) is 0 Å². The molecular weight excluding hydrogens is 147 g/mol. The Kier molecular flexibility index (Phi) is 6.68. The van der Waals surface area contributed by atoms with Gasteiger partial charge in [0.15, 0.2) is 0 Å². The quantitative estimate of drug-likeness (QED) is 0.337. The summed E-state index contributed by atoms with van der Waals surface area (Å²) in [6.45, 7) is 3.21. The number of ether oxygens (including phenoxy) is 1. The average molecular weight is 160 g/mol. The number of carbonyl (C=O) groups excluding carboxylic acids is 1. The predicted octanol–water partition coefficient (Wildman–Crippen LogP) is 1.86. The lowest BCUT2D eigenvalue weighted by molar-refractivity contribution is -0.143. The van der Waals surface area contributed by atoms with Crippen molar-refractivity contribution in [3.8, 4) is 0 Å². The summed E-state index contributed by atoms with van der Waals surface area (Å²) in [6.07, 6.45) is 2.90. The lowest BCUT2D eigenvalue weighted by atomic mass is 10.3. The second kappa shape index (κ2) is 7.25. The molecule has 0 radical (unpaired) electrons. The number of esters is 1. The van der Waals surface area contributed by atoms with Crippen molar-refractivity contribution >= 4 is 5.97 Å². The van der Waals surface area contributed by atoms with Crippen LogP contribution in [0.5, 0.6) is 0 Å². The second-order valence-electron chi connectivity index (χ2n) is 2.09. The molecule has 0 atom stereocenters. The van der Waals surface area contributed by atoms with Crippen molar-refractivity contribution in [1.82, 2.24) is 0 Å². The molecule has 0 aliphatic rings. The molecule has 0 bridgehead atoms. The van der Waals surface area contributed by atoms with Crippen LogP contribution >= 0.6 is 0 Å². The molecule has 0 aliphatic carbocycles. The van der Waals surface area contributed by atoms with Gasteiger partial charge in [0.1, 0.15) is 0 Å². The second-order valence-corrected chi connectivity index (χ2v) is 2.09. The molecule has 0 unspecified atom stereocenters. The van der Waals surface area contributed by atoms with Crippen molar-refractivity contribution in [3.05, 3.63) is 12.7 Å². The number of hydrogen-bond donors (Lipinski definition) is 0. The molecule has 0 heterocycles. The molecule has 3 heteroatoms. The molecule has 0 amide bonds. The molecular formula is C8H13FO2. The molecule has 64 valence electrons. The molecule has 0 rings (SSSR count). The maximum Gasteiger partial charge on any atom is 0.306 e. The zero-order chi connectivity index (χ0) is 8.53. The maximum atomic E-state index is 11.5. The first-order valence-electron chi connectivity index (χ1n) is 3.63. The van der Waals surface area contributed by atoms with Crippen LogP contribution < -0.4 is 0 Å². The minimum Gasteiger partial charge on any atom is -0.466 e. The third-order valence-corrected chi connectivity index (χ3v) is 1.09. The molecule has 0 saturated heterocycles. The molecule has 2 nitrogen and oxygen atoms in total. The van der Waals surface area contributed by atoms with E-state index in [0.717, 1.165) is 0 Å². The summed E-state index contributed by atoms with van der Waals surface area (Å²) >= 11 is 0. The van der Waals surface area contributed by atoms with E-state index >= 15 is 0 Å². The van der Waals surface area contributed by atoms with E-state index < -0.39 is 6.67 Å². The van der Waals surface area contributed by atoms with Gasteiger partial charge in [0.25, 0.3) is 0 Å². The van der Waals surface area contributed by atoms with E-state index in [9.17, 15) is 9.18 Å². The van der Waals surface area contributed by atoms with Crippen LogP contribution in [0.25, 0.3) is 0 Å². The van der Waals surface area contributed by atoms with Gasteiger partial charge in [-0.05, 0) is 6.42 Å². The lowest BCUT2D eigenvalue weighted by Gasteiger charge is -2.00. The fourth-order valence-corrected chi connectivity index (χ4v) is 0.533. The van der Waals surface area contributed by atoms with Gasteiger partial charge in [-0.3, -0.25) is 9.18 Å². The molecule has 0 N–H and O–H groups in total. The number of carbonyl (C=O) groups is 1. The first-order valence-corrected chi connectivity index (χ1v) is 3.63. The van der Waals surface area contributed by atoms with Crippen molar-refractivity contribution < 1.29 is 13.9 Å². The van der Waals surface area contributed by atoms with Crippen molar-refractivity contribution in [3.63, 3.8) is 0 Å². The molecule has 0 aromatic carbocycles. The Morgan fingerprint density at radius 3 is 2.91 bits per heavy atom. The average Bonchev–Trinajstić information content (AvgIpc) is 2.01. The monoisotopic (exact) mass is 160 g/mol. The SMILES string of the molecule is C=CCCC(=O)OCCCF. The molecule has 0 aromatic heterocycles. The predicted molar refractivity (Wildman–Crippen MR) is 41.0 cm³/mol. The van der Waals surface area contributed by atoms with Crippen LogP contribution in [0.15, 0.2) is 12.7 Å². The Bertz CT molecular complexity index is 123. The normalized spacial score (nSPS) is 9.18. The highest BCUT2D eigenvalue weighted by atomic mass is 19.1. The smallest absolute Gasteiger partial charge is 0.306 e. The number of allylic oxidation sites excluding steroid dienone is 1. The minimum absolute atomic E-state index is 0.187. The molecule has 0 saturated carbocycles. The van der Waals surface area contributed by atoms with Gasteiger partial charge >= 0.3 is 5.97 Å². The third-order valence-electron chi connectivity index (χ3n) is 1.09. The summed E-state index contributed by atoms with van der Waals surface area (Å²) in [5.41, 5.74) is 0. The van der Waals surface area contributed by atoms with Gasteiger partial charge in [0.05, 0.1) is 13.3 Å². The first kappa shape index (κ1) is 10.1. The van der Waals surface area contributed by atoms with Crippen molar-refractivity contribution in [2.75, 3.05) is 13.3 Å². The Morgan fingerprint density at radius 2 is 2.36 bits per heavy atom. The summed E-state index contributed by atoms with van der Waals surface area (Å²) in [5, 5.41) is 0. The third kappa shape index (κ3) is 7.03. The first-order chi connectivity index (χ1) is 5.31. The molecule has 0 aliphatic heterocycles. The van der Waals surface area contributed by atoms with Gasteiger partial charge in [-0.25, -0.2) is 0 Å². The van der Waals surface area contributed by atoms with E-state index in [0.29, 0.717) is 19.3 Å². The molecule has 0 aromatic rings. The van der Waals surface area contributed by atoms with Gasteiger partial charge in [-0.1, -0.05) is 6.08 Å². The van der Waals surface area contributed by atoms with Crippen LogP contribution in [0, 0.1) is 0 Å². The molecule has 0 fully saturated rings. The topological polar surface area (TPSA) is 26.3 Å². The number of alkyl halides is 1. The van der Waals surface area contributed by atoms with Crippen LogP contribution in [0.2, 0.25) is 0 Å². The highest BCUT2D eigenvalue weighted by Gasteiger charge is 1.99. The van der Waals surface area contributed by atoms with Gasteiger partial charge in [-0.15, -0.1) is 6.58 Å². The zero-order valence-electron chi connectivity index (χ0n) is 6.51. The van der Waals surface area contributed by atoms with E-state index in [2.05, 4.69) is 11.3 Å². The molecule has 0 spiro atoms. The standard InChI is InChI=1S/C8H13FO2/c1-2-3-5-8(10)11-7-4-6-9/h2H,1,3-7H2. The summed E-state index contributed by atoms with van der Waals surface area (Å²) in [5.74, 6) is -0.279. The van der Waals surface area contributed by atoms with Crippen LogP contribution in [-0.4, -0.2) is 19.3 Å². The van der Waals surface area contributed by atoms with E-state index in [-0.39, 0.29) is 12.6 Å². The van der Waals surface area contributed by atoms with E-state index in [4.69, 9.17) is 0 Å². The Balaban J connectivity index is 3.15. The molecule has 11 heavy (non-hydrogen) atoms. The summed E-state index contributed by atoms with van der Waals surface area (Å²) in [7, 11) is 0. The Morgan fingerprint density at radius 1 is 1.64 bits per heavy atom. The summed E-state index contributed by atoms with van der Waals surface area (Å²) < 4.78 is 16.1. The van der Waals surface area contributed by atoms with Crippen LogP contribution in [0.3, 0.4) is 0 Å².